The second kappa shape index (κ2) is 6.09. The molecule has 6 heteroatoms. The molecule has 0 aromatic heterocycles. The van der Waals surface area contributed by atoms with Crippen LogP contribution in [0.15, 0.2) is 0 Å². The summed E-state index contributed by atoms with van der Waals surface area (Å²) < 4.78 is 9.25. The van der Waals surface area contributed by atoms with Crippen LogP contribution in [0.4, 0.5) is 0 Å². The Balaban J connectivity index is 2.20. The number of amides is 1. The molecule has 0 aliphatic carbocycles. The van der Waals surface area contributed by atoms with Crippen LogP contribution in [0.3, 0.4) is 0 Å². The Morgan fingerprint density at radius 1 is 1.31 bits per heavy atom. The van der Waals surface area contributed by atoms with E-state index in [9.17, 15) is 14.4 Å². The molecule has 16 heavy (non-hydrogen) atoms. The number of likely N-dealkylation sites (tertiary alicyclic amines) is 1. The predicted molar refractivity (Wildman–Crippen MR) is 53.4 cm³/mol. The highest BCUT2D eigenvalue weighted by molar-refractivity contribution is 5.84. The highest BCUT2D eigenvalue weighted by Gasteiger charge is 2.23. The summed E-state index contributed by atoms with van der Waals surface area (Å²) >= 11 is 0. The van der Waals surface area contributed by atoms with Gasteiger partial charge < -0.3 is 14.4 Å². The molecule has 1 heterocycles. The minimum atomic E-state index is -0.580. The van der Waals surface area contributed by atoms with Gasteiger partial charge in [-0.25, -0.2) is 4.79 Å². The first-order valence-electron chi connectivity index (χ1n) is 5.22. The first kappa shape index (κ1) is 12.5. The van der Waals surface area contributed by atoms with Gasteiger partial charge in [-0.3, -0.25) is 9.59 Å². The van der Waals surface area contributed by atoms with E-state index in [0.29, 0.717) is 13.0 Å². The number of esters is 2. The van der Waals surface area contributed by atoms with Gasteiger partial charge in [-0.05, 0) is 13.3 Å². The fraction of sp³-hybridized carbons (Fsp3) is 0.700. The average Bonchev–Trinajstić information content (AvgIpc) is 2.62. The van der Waals surface area contributed by atoms with E-state index in [1.807, 2.05) is 0 Å². The van der Waals surface area contributed by atoms with Crippen molar-refractivity contribution < 1.29 is 23.9 Å². The van der Waals surface area contributed by atoms with Gasteiger partial charge in [0.25, 0.3) is 0 Å². The van der Waals surface area contributed by atoms with Crippen LogP contribution in [0, 0.1) is 0 Å². The standard InChI is InChI=1S/C10H15NO5/c1-2-15-10(14)7-16-9(13)6-11-5-3-4-8(11)12/h2-7H2,1H3. The maximum Gasteiger partial charge on any atom is 0.344 e. The number of hydrogen-bond acceptors (Lipinski definition) is 5. The van der Waals surface area contributed by atoms with E-state index >= 15 is 0 Å². The summed E-state index contributed by atoms with van der Waals surface area (Å²) in [4.78, 5) is 34.7. The molecule has 0 N–H and O–H groups in total. The molecule has 0 radical (unpaired) electrons. The molecule has 1 rings (SSSR count). The number of carbonyl (C=O) groups is 3. The van der Waals surface area contributed by atoms with Gasteiger partial charge in [-0.1, -0.05) is 0 Å². The Kier molecular flexibility index (Phi) is 4.75. The summed E-state index contributed by atoms with van der Waals surface area (Å²) in [6.45, 7) is 2.02. The summed E-state index contributed by atoms with van der Waals surface area (Å²) in [6.07, 6.45) is 1.25. The SMILES string of the molecule is CCOC(=O)COC(=O)CN1CCCC1=O. The van der Waals surface area contributed by atoms with Gasteiger partial charge in [-0.15, -0.1) is 0 Å². The summed E-state index contributed by atoms with van der Waals surface area (Å²) in [5.41, 5.74) is 0. The highest BCUT2D eigenvalue weighted by atomic mass is 16.6. The van der Waals surface area contributed by atoms with Gasteiger partial charge in [-0.2, -0.15) is 0 Å². The fourth-order valence-electron chi connectivity index (χ4n) is 1.41. The van der Waals surface area contributed by atoms with E-state index in [1.54, 1.807) is 6.92 Å². The molecule has 0 saturated carbocycles. The van der Waals surface area contributed by atoms with Crippen LogP contribution in [-0.4, -0.2) is 49.0 Å². The number of nitrogens with zero attached hydrogens (tertiary/aromatic N) is 1. The molecule has 0 spiro atoms. The summed E-state index contributed by atoms with van der Waals surface area (Å²) in [5.74, 6) is -1.21. The van der Waals surface area contributed by atoms with Crippen LogP contribution in [-0.2, 0) is 23.9 Å². The van der Waals surface area contributed by atoms with Gasteiger partial charge in [0.15, 0.2) is 6.61 Å². The second-order valence-electron chi connectivity index (χ2n) is 3.38. The Labute approximate surface area is 93.5 Å². The van der Waals surface area contributed by atoms with E-state index in [1.165, 1.54) is 4.90 Å². The van der Waals surface area contributed by atoms with E-state index in [-0.39, 0.29) is 19.1 Å². The molecule has 1 aliphatic heterocycles. The van der Waals surface area contributed by atoms with E-state index in [4.69, 9.17) is 0 Å². The minimum absolute atomic E-state index is 0.0481. The van der Waals surface area contributed by atoms with Gasteiger partial charge in [0.2, 0.25) is 5.91 Å². The molecule has 6 nitrogen and oxygen atoms in total. The molecule has 1 aliphatic rings. The zero-order valence-electron chi connectivity index (χ0n) is 9.23. The number of rotatable bonds is 5. The van der Waals surface area contributed by atoms with Gasteiger partial charge in [0.1, 0.15) is 6.54 Å². The molecule has 1 amide bonds. The van der Waals surface area contributed by atoms with Crippen molar-refractivity contribution in [3.63, 3.8) is 0 Å². The number of hydrogen-bond donors (Lipinski definition) is 0. The monoisotopic (exact) mass is 229 g/mol. The van der Waals surface area contributed by atoms with Gasteiger partial charge >= 0.3 is 11.9 Å². The van der Waals surface area contributed by atoms with Crippen molar-refractivity contribution in [1.82, 2.24) is 4.90 Å². The van der Waals surface area contributed by atoms with E-state index < -0.39 is 18.5 Å². The third-order valence-electron chi connectivity index (χ3n) is 2.15. The van der Waals surface area contributed by atoms with Crippen molar-refractivity contribution in [2.45, 2.75) is 19.8 Å². The second-order valence-corrected chi connectivity index (χ2v) is 3.38. The first-order valence-corrected chi connectivity index (χ1v) is 5.22. The Morgan fingerprint density at radius 2 is 2.06 bits per heavy atom. The molecule has 1 saturated heterocycles. The fourth-order valence-corrected chi connectivity index (χ4v) is 1.41. The van der Waals surface area contributed by atoms with Crippen molar-refractivity contribution in [2.24, 2.45) is 0 Å². The summed E-state index contributed by atoms with van der Waals surface area (Å²) in [7, 11) is 0. The first-order chi connectivity index (χ1) is 7.63. The lowest BCUT2D eigenvalue weighted by atomic mass is 10.4. The Bertz CT molecular complexity index is 289. The molecule has 1 fully saturated rings. The third kappa shape index (κ3) is 3.88. The smallest absolute Gasteiger partial charge is 0.344 e. The molecule has 0 bridgehead atoms. The topological polar surface area (TPSA) is 72.9 Å². The van der Waals surface area contributed by atoms with Crippen LogP contribution < -0.4 is 0 Å². The van der Waals surface area contributed by atoms with Gasteiger partial charge in [0, 0.05) is 13.0 Å². The molecule has 0 aromatic carbocycles. The zero-order chi connectivity index (χ0) is 12.0. The average molecular weight is 229 g/mol. The van der Waals surface area contributed by atoms with E-state index in [0.717, 1.165) is 6.42 Å². The predicted octanol–water partition coefficient (Wildman–Crippen LogP) is -0.285. The molecule has 0 aromatic rings. The minimum Gasteiger partial charge on any atom is -0.463 e. The lowest BCUT2D eigenvalue weighted by Gasteiger charge is -2.13. The van der Waals surface area contributed by atoms with Crippen LogP contribution in [0.5, 0.6) is 0 Å². The maximum absolute atomic E-state index is 11.2. The molecular formula is C10H15NO5. The third-order valence-corrected chi connectivity index (χ3v) is 2.15. The molecule has 90 valence electrons. The van der Waals surface area contributed by atoms with Crippen molar-refractivity contribution in [3.8, 4) is 0 Å². The maximum atomic E-state index is 11.2. The quantitative estimate of drug-likeness (QED) is 0.606. The van der Waals surface area contributed by atoms with Gasteiger partial charge in [0.05, 0.1) is 6.61 Å². The highest BCUT2D eigenvalue weighted by Crippen LogP contribution is 2.08. The normalized spacial score (nSPS) is 15.1. The van der Waals surface area contributed by atoms with Crippen LogP contribution >= 0.6 is 0 Å². The van der Waals surface area contributed by atoms with Crippen LogP contribution in [0.2, 0.25) is 0 Å². The van der Waals surface area contributed by atoms with Crippen molar-refractivity contribution in [1.29, 1.82) is 0 Å². The summed E-state index contributed by atoms with van der Waals surface area (Å²) in [6, 6.07) is 0. The number of carbonyl (C=O) groups excluding carboxylic acids is 3. The largest absolute Gasteiger partial charge is 0.463 e. The van der Waals surface area contributed by atoms with Crippen LogP contribution in [0.1, 0.15) is 19.8 Å². The van der Waals surface area contributed by atoms with Crippen LogP contribution in [0.25, 0.3) is 0 Å². The Hall–Kier alpha value is -1.59. The summed E-state index contributed by atoms with van der Waals surface area (Å²) in [5, 5.41) is 0. The Morgan fingerprint density at radius 3 is 2.62 bits per heavy atom. The van der Waals surface area contributed by atoms with Crippen molar-refractivity contribution in [2.75, 3.05) is 26.3 Å². The lowest BCUT2D eigenvalue weighted by Crippen LogP contribution is -2.32. The molecular weight excluding hydrogens is 214 g/mol. The molecule has 0 atom stereocenters. The van der Waals surface area contributed by atoms with Crippen molar-refractivity contribution >= 4 is 17.8 Å². The zero-order valence-corrected chi connectivity index (χ0v) is 9.23. The van der Waals surface area contributed by atoms with Crippen molar-refractivity contribution in [3.05, 3.63) is 0 Å². The van der Waals surface area contributed by atoms with E-state index in [2.05, 4.69) is 9.47 Å². The molecule has 0 unspecified atom stereocenters. The lowest BCUT2D eigenvalue weighted by molar-refractivity contribution is -0.159. The number of ether oxygens (including phenoxy) is 2.